The van der Waals surface area contributed by atoms with Gasteiger partial charge in [0.05, 0.1) is 5.01 Å². The largest absolute Gasteiger partial charge is 0.334 e. The lowest BCUT2D eigenvalue weighted by atomic mass is 9.91. The molecule has 1 aliphatic rings. The molecule has 1 aliphatic carbocycles. The Balaban J connectivity index is 2.06. The Morgan fingerprint density at radius 3 is 2.88 bits per heavy atom. The van der Waals surface area contributed by atoms with Crippen LogP contribution in [-0.4, -0.2) is 33.7 Å². The molecule has 3 nitrogen and oxygen atoms in total. The van der Waals surface area contributed by atoms with Crippen LogP contribution < -0.4 is 0 Å². The fourth-order valence-electron chi connectivity index (χ4n) is 1.99. The molecule has 0 aliphatic heterocycles. The first kappa shape index (κ1) is 13.0. The third kappa shape index (κ3) is 3.07. The maximum Gasteiger partial charge on any atom is 0.273 e. The van der Waals surface area contributed by atoms with Crippen molar-refractivity contribution in [2.24, 2.45) is 0 Å². The topological polar surface area (TPSA) is 33.2 Å². The monoisotopic (exact) mass is 316 g/mol. The number of aryl methyl sites for hydroxylation is 1. The molecule has 0 unspecified atom stereocenters. The predicted molar refractivity (Wildman–Crippen MR) is 73.9 cm³/mol. The molecule has 0 radical (unpaired) electrons. The van der Waals surface area contributed by atoms with Crippen LogP contribution in [0.25, 0.3) is 0 Å². The summed E-state index contributed by atoms with van der Waals surface area (Å²) in [4.78, 5) is 18.7. The molecular weight excluding hydrogens is 300 g/mol. The highest BCUT2D eigenvalue weighted by molar-refractivity contribution is 9.09. The molecule has 2 rings (SSSR count). The smallest absolute Gasteiger partial charge is 0.273 e. The van der Waals surface area contributed by atoms with E-state index in [1.165, 1.54) is 6.42 Å². The maximum atomic E-state index is 12.4. The van der Waals surface area contributed by atoms with Gasteiger partial charge in [-0.2, -0.15) is 0 Å². The van der Waals surface area contributed by atoms with Crippen molar-refractivity contribution < 1.29 is 4.79 Å². The van der Waals surface area contributed by atoms with E-state index in [9.17, 15) is 4.79 Å². The molecule has 0 aromatic carbocycles. The second kappa shape index (κ2) is 5.96. The number of thiazole rings is 1. The molecule has 1 amide bonds. The first-order chi connectivity index (χ1) is 8.22. The summed E-state index contributed by atoms with van der Waals surface area (Å²) < 4.78 is 0. The minimum Gasteiger partial charge on any atom is -0.334 e. The van der Waals surface area contributed by atoms with Gasteiger partial charge >= 0.3 is 0 Å². The number of halogens is 1. The zero-order valence-electron chi connectivity index (χ0n) is 9.99. The van der Waals surface area contributed by atoms with Gasteiger partial charge in [0, 0.05) is 23.3 Å². The van der Waals surface area contributed by atoms with E-state index in [-0.39, 0.29) is 5.91 Å². The molecule has 1 heterocycles. The van der Waals surface area contributed by atoms with E-state index in [4.69, 9.17) is 0 Å². The minimum atomic E-state index is 0.111. The standard InChI is InChI=1S/C12H17BrN2OS/c1-9-14-11(8-17-9)12(16)15(7-3-6-13)10-4-2-5-10/h8,10H,2-7H2,1H3. The van der Waals surface area contributed by atoms with Crippen molar-refractivity contribution in [3.63, 3.8) is 0 Å². The molecule has 0 N–H and O–H groups in total. The van der Waals surface area contributed by atoms with Gasteiger partial charge in [0.15, 0.2) is 0 Å². The molecule has 1 saturated carbocycles. The van der Waals surface area contributed by atoms with E-state index >= 15 is 0 Å². The van der Waals surface area contributed by atoms with Gasteiger partial charge in [-0.1, -0.05) is 15.9 Å². The Morgan fingerprint density at radius 2 is 2.41 bits per heavy atom. The van der Waals surface area contributed by atoms with Crippen molar-refractivity contribution in [2.45, 2.75) is 38.6 Å². The summed E-state index contributed by atoms with van der Waals surface area (Å²) in [6, 6.07) is 0.448. The molecule has 1 fully saturated rings. The summed E-state index contributed by atoms with van der Waals surface area (Å²) in [7, 11) is 0. The Morgan fingerprint density at radius 1 is 1.65 bits per heavy atom. The Bertz CT molecular complexity index is 390. The Hall–Kier alpha value is -0.420. The Labute approximate surface area is 114 Å². The van der Waals surface area contributed by atoms with Crippen LogP contribution in [0.15, 0.2) is 5.38 Å². The van der Waals surface area contributed by atoms with Crippen molar-refractivity contribution in [1.29, 1.82) is 0 Å². The number of alkyl halides is 1. The van der Waals surface area contributed by atoms with E-state index in [1.54, 1.807) is 11.3 Å². The van der Waals surface area contributed by atoms with Crippen LogP contribution in [0.3, 0.4) is 0 Å². The number of nitrogens with zero attached hydrogens (tertiary/aromatic N) is 2. The van der Waals surface area contributed by atoms with Crippen LogP contribution in [0.1, 0.15) is 41.2 Å². The maximum absolute atomic E-state index is 12.4. The van der Waals surface area contributed by atoms with Gasteiger partial charge in [-0.3, -0.25) is 4.79 Å². The summed E-state index contributed by atoms with van der Waals surface area (Å²) in [5, 5.41) is 3.78. The fraction of sp³-hybridized carbons (Fsp3) is 0.667. The third-order valence-corrected chi connectivity index (χ3v) is 4.48. The second-order valence-electron chi connectivity index (χ2n) is 4.38. The first-order valence-corrected chi connectivity index (χ1v) is 8.01. The number of hydrogen-bond acceptors (Lipinski definition) is 3. The molecule has 1 aromatic heterocycles. The normalized spacial score (nSPS) is 15.6. The lowest BCUT2D eigenvalue weighted by Crippen LogP contribution is -2.45. The number of aromatic nitrogens is 1. The van der Waals surface area contributed by atoms with Crippen LogP contribution >= 0.6 is 27.3 Å². The molecule has 0 atom stereocenters. The van der Waals surface area contributed by atoms with Crippen LogP contribution in [0.5, 0.6) is 0 Å². The predicted octanol–water partition coefficient (Wildman–Crippen LogP) is 3.23. The summed E-state index contributed by atoms with van der Waals surface area (Å²) >= 11 is 4.97. The quantitative estimate of drug-likeness (QED) is 0.781. The summed E-state index contributed by atoms with van der Waals surface area (Å²) in [6.07, 6.45) is 4.55. The molecule has 5 heteroatoms. The average molecular weight is 317 g/mol. The highest BCUT2D eigenvalue weighted by Crippen LogP contribution is 2.26. The van der Waals surface area contributed by atoms with Gasteiger partial charge in [-0.25, -0.2) is 4.98 Å². The van der Waals surface area contributed by atoms with Crippen LogP contribution in [0, 0.1) is 6.92 Å². The van der Waals surface area contributed by atoms with Crippen molar-refractivity contribution in [1.82, 2.24) is 9.88 Å². The van der Waals surface area contributed by atoms with Crippen LogP contribution in [0.2, 0.25) is 0 Å². The number of carbonyl (C=O) groups excluding carboxylic acids is 1. The fourth-order valence-corrected chi connectivity index (χ4v) is 2.82. The van der Waals surface area contributed by atoms with Gasteiger partial charge in [-0.15, -0.1) is 11.3 Å². The van der Waals surface area contributed by atoms with Gasteiger partial charge in [0.25, 0.3) is 5.91 Å². The summed E-state index contributed by atoms with van der Waals surface area (Å²) in [5.74, 6) is 0.111. The number of carbonyl (C=O) groups is 1. The number of rotatable bonds is 5. The Kier molecular flexibility index (Phi) is 4.56. The third-order valence-electron chi connectivity index (χ3n) is 3.15. The number of hydrogen-bond donors (Lipinski definition) is 0. The van der Waals surface area contributed by atoms with Crippen molar-refractivity contribution in [3.05, 3.63) is 16.1 Å². The van der Waals surface area contributed by atoms with E-state index in [0.29, 0.717) is 11.7 Å². The average Bonchev–Trinajstić information content (AvgIpc) is 2.67. The minimum absolute atomic E-state index is 0.111. The highest BCUT2D eigenvalue weighted by atomic mass is 79.9. The van der Waals surface area contributed by atoms with Crippen LogP contribution in [0.4, 0.5) is 0 Å². The summed E-state index contributed by atoms with van der Waals surface area (Å²) in [6.45, 7) is 2.78. The lowest BCUT2D eigenvalue weighted by molar-refractivity contribution is 0.0576. The first-order valence-electron chi connectivity index (χ1n) is 6.01. The van der Waals surface area contributed by atoms with Crippen LogP contribution in [-0.2, 0) is 0 Å². The van der Waals surface area contributed by atoms with Gasteiger partial charge in [0.1, 0.15) is 5.69 Å². The van der Waals surface area contributed by atoms with Crippen molar-refractivity contribution >= 4 is 33.2 Å². The molecule has 17 heavy (non-hydrogen) atoms. The second-order valence-corrected chi connectivity index (χ2v) is 6.23. The zero-order valence-corrected chi connectivity index (χ0v) is 12.4. The van der Waals surface area contributed by atoms with Gasteiger partial charge in [0.2, 0.25) is 0 Å². The van der Waals surface area contributed by atoms with Crippen molar-refractivity contribution in [3.8, 4) is 0 Å². The molecule has 0 spiro atoms. The SMILES string of the molecule is Cc1nc(C(=O)N(CCCBr)C2CCC2)cs1. The number of amides is 1. The van der Waals surface area contributed by atoms with E-state index in [1.807, 2.05) is 17.2 Å². The molecule has 0 bridgehead atoms. The molecule has 1 aromatic rings. The van der Waals surface area contributed by atoms with E-state index in [2.05, 4.69) is 20.9 Å². The van der Waals surface area contributed by atoms with E-state index < -0.39 is 0 Å². The van der Waals surface area contributed by atoms with E-state index in [0.717, 1.165) is 36.1 Å². The molecular formula is C12H17BrN2OS. The van der Waals surface area contributed by atoms with Crippen molar-refractivity contribution in [2.75, 3.05) is 11.9 Å². The zero-order chi connectivity index (χ0) is 12.3. The molecule has 0 saturated heterocycles. The van der Waals surface area contributed by atoms with Gasteiger partial charge < -0.3 is 4.90 Å². The lowest BCUT2D eigenvalue weighted by Gasteiger charge is -2.37. The highest BCUT2D eigenvalue weighted by Gasteiger charge is 2.29. The molecule has 94 valence electrons. The summed E-state index contributed by atoms with van der Waals surface area (Å²) in [5.41, 5.74) is 0.619. The van der Waals surface area contributed by atoms with Gasteiger partial charge in [-0.05, 0) is 32.6 Å².